The molecule has 2 aliphatic heterocycles. The molecule has 0 aliphatic carbocycles. The monoisotopic (exact) mass is 309 g/mol. The van der Waals surface area contributed by atoms with E-state index in [1.807, 2.05) is 11.8 Å². The number of aromatic nitrogens is 1. The molecule has 6 nitrogen and oxygen atoms in total. The lowest BCUT2D eigenvalue weighted by Crippen LogP contribution is -2.41. The summed E-state index contributed by atoms with van der Waals surface area (Å²) in [6.07, 6.45) is 0.869. The molecule has 0 saturated carbocycles. The largest absolute Gasteiger partial charge is 0.371 e. The van der Waals surface area contributed by atoms with Gasteiger partial charge in [-0.3, -0.25) is 9.59 Å². The maximum Gasteiger partial charge on any atom is 0.265 e. The molecule has 1 aromatic heterocycles. The van der Waals surface area contributed by atoms with Gasteiger partial charge in [-0.2, -0.15) is 0 Å². The first-order chi connectivity index (χ1) is 10.0. The van der Waals surface area contributed by atoms with Gasteiger partial charge in [-0.25, -0.2) is 4.98 Å². The third kappa shape index (κ3) is 2.67. The third-order valence-electron chi connectivity index (χ3n) is 4.30. The Morgan fingerprint density at radius 2 is 2.29 bits per heavy atom. The zero-order valence-electron chi connectivity index (χ0n) is 12.3. The van der Waals surface area contributed by atoms with Crippen molar-refractivity contribution in [2.75, 3.05) is 39.9 Å². The van der Waals surface area contributed by atoms with E-state index in [1.54, 1.807) is 17.5 Å². The molecule has 3 rings (SSSR count). The minimum Gasteiger partial charge on any atom is -0.371 e. The molecule has 2 fully saturated rings. The summed E-state index contributed by atoms with van der Waals surface area (Å²) in [6.45, 7) is 4.53. The Morgan fingerprint density at radius 3 is 3.00 bits per heavy atom. The van der Waals surface area contributed by atoms with Gasteiger partial charge in [-0.05, 0) is 13.3 Å². The number of hydrogen-bond acceptors (Lipinski definition) is 5. The summed E-state index contributed by atoms with van der Waals surface area (Å²) < 4.78 is 5.52. The number of likely N-dealkylation sites (N-methyl/N-ethyl adjacent to an activating group) is 1. The Labute approximate surface area is 127 Å². The van der Waals surface area contributed by atoms with Crippen molar-refractivity contribution in [2.45, 2.75) is 13.3 Å². The molecule has 1 atom stereocenters. The van der Waals surface area contributed by atoms with Crippen LogP contribution in [0.15, 0.2) is 5.51 Å². The number of amides is 2. The summed E-state index contributed by atoms with van der Waals surface area (Å²) in [5, 5.41) is 0. The van der Waals surface area contributed by atoms with Crippen LogP contribution < -0.4 is 0 Å². The van der Waals surface area contributed by atoms with E-state index in [0.717, 1.165) is 12.1 Å². The van der Waals surface area contributed by atoms with Crippen LogP contribution in [-0.4, -0.2) is 66.5 Å². The van der Waals surface area contributed by atoms with Gasteiger partial charge in [-0.15, -0.1) is 11.3 Å². The molecule has 0 N–H and O–H groups in total. The van der Waals surface area contributed by atoms with Crippen molar-refractivity contribution in [3.05, 3.63) is 16.1 Å². The van der Waals surface area contributed by atoms with E-state index in [0.29, 0.717) is 31.1 Å². The zero-order valence-corrected chi connectivity index (χ0v) is 13.1. The van der Waals surface area contributed by atoms with Crippen molar-refractivity contribution >= 4 is 23.2 Å². The van der Waals surface area contributed by atoms with Crippen molar-refractivity contribution < 1.29 is 14.3 Å². The SMILES string of the molecule is Cc1ncsc1C(=O)N1CCC2(COCC(=O)N(C)C2)C1. The Kier molecular flexibility index (Phi) is 3.71. The molecule has 0 bridgehead atoms. The smallest absolute Gasteiger partial charge is 0.265 e. The maximum atomic E-state index is 12.6. The number of likely N-dealkylation sites (tertiary alicyclic amines) is 1. The quantitative estimate of drug-likeness (QED) is 0.769. The highest BCUT2D eigenvalue weighted by Gasteiger charge is 2.43. The molecule has 2 saturated heterocycles. The van der Waals surface area contributed by atoms with Crippen molar-refractivity contribution in [3.8, 4) is 0 Å². The molecular weight excluding hydrogens is 290 g/mol. The van der Waals surface area contributed by atoms with Gasteiger partial charge in [0.05, 0.1) is 17.8 Å². The van der Waals surface area contributed by atoms with Crippen molar-refractivity contribution in [1.82, 2.24) is 14.8 Å². The van der Waals surface area contributed by atoms with Crippen molar-refractivity contribution in [2.24, 2.45) is 5.41 Å². The molecule has 3 heterocycles. The van der Waals surface area contributed by atoms with E-state index in [9.17, 15) is 9.59 Å². The predicted molar refractivity (Wildman–Crippen MR) is 78.3 cm³/mol. The number of carbonyl (C=O) groups excluding carboxylic acids is 2. The van der Waals surface area contributed by atoms with Gasteiger partial charge in [0.15, 0.2) is 0 Å². The fraction of sp³-hybridized carbons (Fsp3) is 0.643. The average molecular weight is 309 g/mol. The van der Waals surface area contributed by atoms with E-state index in [-0.39, 0.29) is 23.8 Å². The number of aryl methyl sites for hydroxylation is 1. The van der Waals surface area contributed by atoms with Gasteiger partial charge in [0.1, 0.15) is 11.5 Å². The molecule has 0 aromatic carbocycles. The van der Waals surface area contributed by atoms with Gasteiger partial charge < -0.3 is 14.5 Å². The fourth-order valence-corrected chi connectivity index (χ4v) is 3.88. The maximum absolute atomic E-state index is 12.6. The molecule has 1 aromatic rings. The van der Waals surface area contributed by atoms with Crippen LogP contribution in [0.4, 0.5) is 0 Å². The molecule has 2 aliphatic rings. The predicted octanol–water partition coefficient (Wildman–Crippen LogP) is 0.772. The van der Waals surface area contributed by atoms with Gasteiger partial charge in [0.2, 0.25) is 5.91 Å². The lowest BCUT2D eigenvalue weighted by molar-refractivity contribution is -0.132. The minimum atomic E-state index is -0.130. The Bertz CT molecular complexity index is 574. The summed E-state index contributed by atoms with van der Waals surface area (Å²) in [5.41, 5.74) is 2.36. The van der Waals surface area contributed by atoms with Gasteiger partial charge >= 0.3 is 0 Å². The number of carbonyl (C=O) groups is 2. The molecule has 2 amide bonds. The second-order valence-corrected chi connectivity index (χ2v) is 6.84. The van der Waals surface area contributed by atoms with Crippen LogP contribution in [0.1, 0.15) is 21.8 Å². The summed E-state index contributed by atoms with van der Waals surface area (Å²) in [7, 11) is 1.80. The van der Waals surface area contributed by atoms with E-state index in [2.05, 4.69) is 4.98 Å². The second kappa shape index (κ2) is 5.38. The third-order valence-corrected chi connectivity index (χ3v) is 5.21. The van der Waals surface area contributed by atoms with Crippen LogP contribution in [0, 0.1) is 12.3 Å². The molecule has 21 heavy (non-hydrogen) atoms. The highest BCUT2D eigenvalue weighted by molar-refractivity contribution is 7.11. The van der Waals surface area contributed by atoms with Crippen LogP contribution in [0.25, 0.3) is 0 Å². The highest BCUT2D eigenvalue weighted by Crippen LogP contribution is 2.34. The first kappa shape index (κ1) is 14.5. The van der Waals surface area contributed by atoms with Crippen LogP contribution in [0.3, 0.4) is 0 Å². The van der Waals surface area contributed by atoms with E-state index >= 15 is 0 Å². The molecule has 1 unspecified atom stereocenters. The van der Waals surface area contributed by atoms with E-state index in [1.165, 1.54) is 11.3 Å². The lowest BCUT2D eigenvalue weighted by Gasteiger charge is -2.29. The number of thiazole rings is 1. The standard InChI is InChI=1S/C14H19N3O3S/c1-10-12(21-9-15-10)13(19)17-4-3-14(7-17)6-16(2)11(18)5-20-8-14/h9H,3-8H2,1-2H3. The Hall–Kier alpha value is -1.47. The molecular formula is C14H19N3O3S. The number of rotatable bonds is 1. The van der Waals surface area contributed by atoms with Gasteiger partial charge in [-0.1, -0.05) is 0 Å². The van der Waals surface area contributed by atoms with Crippen LogP contribution in [0.2, 0.25) is 0 Å². The normalized spacial score (nSPS) is 26.5. The van der Waals surface area contributed by atoms with E-state index < -0.39 is 0 Å². The van der Waals surface area contributed by atoms with Crippen LogP contribution >= 0.6 is 11.3 Å². The first-order valence-electron chi connectivity index (χ1n) is 7.02. The minimum absolute atomic E-state index is 0.00922. The van der Waals surface area contributed by atoms with Gasteiger partial charge in [0.25, 0.3) is 5.91 Å². The summed E-state index contributed by atoms with van der Waals surface area (Å²) in [4.78, 5) is 32.7. The van der Waals surface area contributed by atoms with Crippen LogP contribution in [-0.2, 0) is 9.53 Å². The van der Waals surface area contributed by atoms with Crippen LogP contribution in [0.5, 0.6) is 0 Å². The second-order valence-electron chi connectivity index (χ2n) is 5.99. The molecule has 114 valence electrons. The number of ether oxygens (including phenoxy) is 1. The molecule has 7 heteroatoms. The zero-order chi connectivity index (χ0) is 15.0. The number of hydrogen-bond donors (Lipinski definition) is 0. The highest BCUT2D eigenvalue weighted by atomic mass is 32.1. The van der Waals surface area contributed by atoms with Gasteiger partial charge in [0, 0.05) is 32.1 Å². The molecule has 1 spiro atoms. The Balaban J connectivity index is 1.74. The Morgan fingerprint density at radius 1 is 1.48 bits per heavy atom. The first-order valence-corrected chi connectivity index (χ1v) is 7.90. The summed E-state index contributed by atoms with van der Waals surface area (Å²) >= 11 is 1.39. The number of nitrogens with zero attached hydrogens (tertiary/aromatic N) is 3. The average Bonchev–Trinajstić information content (AvgIpc) is 3.01. The summed E-state index contributed by atoms with van der Waals surface area (Å²) in [6, 6.07) is 0. The fourth-order valence-electron chi connectivity index (χ4n) is 3.11. The summed E-state index contributed by atoms with van der Waals surface area (Å²) in [5.74, 6) is 0.0556. The van der Waals surface area contributed by atoms with Crippen molar-refractivity contribution in [3.63, 3.8) is 0 Å². The molecule has 0 radical (unpaired) electrons. The van der Waals surface area contributed by atoms with E-state index in [4.69, 9.17) is 4.74 Å². The van der Waals surface area contributed by atoms with Crippen molar-refractivity contribution in [1.29, 1.82) is 0 Å². The lowest BCUT2D eigenvalue weighted by atomic mass is 9.88. The topological polar surface area (TPSA) is 62.7 Å².